The molecule has 7 heteroatoms. The van der Waals surface area contributed by atoms with Crippen molar-refractivity contribution in [3.05, 3.63) is 59.7 Å². The number of hydrogen-bond acceptors (Lipinski definition) is 4. The third-order valence-corrected chi connectivity index (χ3v) is 5.86. The standard InChI is InChI=1S/C21H29N3O3S/c1-21(2,3)17-8-12-19(13-9-17)28(26,27)23-15-14-22-20(25)16-6-10-18(11-7-16)24(4)5/h6-13,23H,14-15H2,1-5H3,(H,22,25). The van der Waals surface area contributed by atoms with Crippen LogP contribution in [-0.4, -0.2) is 41.5 Å². The topological polar surface area (TPSA) is 78.5 Å². The molecule has 28 heavy (non-hydrogen) atoms. The summed E-state index contributed by atoms with van der Waals surface area (Å²) in [7, 11) is 0.250. The summed E-state index contributed by atoms with van der Waals surface area (Å²) in [6.45, 7) is 6.54. The first kappa shape index (κ1) is 21.9. The number of hydrogen-bond donors (Lipinski definition) is 2. The van der Waals surface area contributed by atoms with Crippen molar-refractivity contribution < 1.29 is 13.2 Å². The van der Waals surface area contributed by atoms with E-state index in [4.69, 9.17) is 0 Å². The number of carbonyl (C=O) groups is 1. The molecular weight excluding hydrogens is 374 g/mol. The van der Waals surface area contributed by atoms with Gasteiger partial charge in [-0.15, -0.1) is 0 Å². The lowest BCUT2D eigenvalue weighted by molar-refractivity contribution is 0.0954. The Morgan fingerprint density at radius 3 is 2.00 bits per heavy atom. The molecule has 0 aliphatic carbocycles. The molecule has 0 fully saturated rings. The SMILES string of the molecule is CN(C)c1ccc(C(=O)NCCNS(=O)(=O)c2ccc(C(C)(C)C)cc2)cc1. The Labute approximate surface area is 168 Å². The highest BCUT2D eigenvalue weighted by Crippen LogP contribution is 2.23. The predicted octanol–water partition coefficient (Wildman–Crippen LogP) is 2.76. The van der Waals surface area contributed by atoms with Crippen molar-refractivity contribution in [3.8, 4) is 0 Å². The number of nitrogens with zero attached hydrogens (tertiary/aromatic N) is 1. The Kier molecular flexibility index (Phi) is 6.85. The lowest BCUT2D eigenvalue weighted by atomic mass is 9.87. The van der Waals surface area contributed by atoms with E-state index in [1.54, 1.807) is 24.3 Å². The van der Waals surface area contributed by atoms with Crippen LogP contribution in [0.2, 0.25) is 0 Å². The summed E-state index contributed by atoms with van der Waals surface area (Å²) in [5.74, 6) is -0.237. The Bertz CT molecular complexity index is 897. The van der Waals surface area contributed by atoms with E-state index in [2.05, 4.69) is 30.8 Å². The number of amides is 1. The fourth-order valence-corrected chi connectivity index (χ4v) is 3.62. The van der Waals surface area contributed by atoms with Crippen molar-refractivity contribution in [1.29, 1.82) is 0 Å². The van der Waals surface area contributed by atoms with Gasteiger partial charge in [0, 0.05) is 38.4 Å². The molecule has 0 unspecified atom stereocenters. The van der Waals surface area contributed by atoms with Crippen LogP contribution in [0.15, 0.2) is 53.4 Å². The smallest absolute Gasteiger partial charge is 0.251 e. The van der Waals surface area contributed by atoms with Gasteiger partial charge in [-0.1, -0.05) is 32.9 Å². The molecule has 0 saturated heterocycles. The second-order valence-electron chi connectivity index (χ2n) is 7.87. The average molecular weight is 404 g/mol. The van der Waals surface area contributed by atoms with E-state index < -0.39 is 10.0 Å². The maximum atomic E-state index is 12.4. The molecule has 0 aromatic heterocycles. The summed E-state index contributed by atoms with van der Waals surface area (Å²) < 4.78 is 27.3. The zero-order valence-corrected chi connectivity index (χ0v) is 17.9. The van der Waals surface area contributed by atoms with Crippen LogP contribution < -0.4 is 14.9 Å². The van der Waals surface area contributed by atoms with Crippen LogP contribution in [0, 0.1) is 0 Å². The van der Waals surface area contributed by atoms with E-state index in [0.717, 1.165) is 11.3 Å². The quantitative estimate of drug-likeness (QED) is 0.697. The van der Waals surface area contributed by atoms with Crippen LogP contribution in [0.25, 0.3) is 0 Å². The van der Waals surface area contributed by atoms with Crippen LogP contribution in [0.4, 0.5) is 5.69 Å². The highest BCUT2D eigenvalue weighted by atomic mass is 32.2. The van der Waals surface area contributed by atoms with Gasteiger partial charge in [0.05, 0.1) is 4.90 Å². The second-order valence-corrected chi connectivity index (χ2v) is 9.64. The molecule has 152 valence electrons. The van der Waals surface area contributed by atoms with Crippen molar-refractivity contribution in [2.75, 3.05) is 32.1 Å². The normalized spacial score (nSPS) is 11.9. The summed E-state index contributed by atoms with van der Waals surface area (Å²) in [5, 5.41) is 2.72. The first-order chi connectivity index (χ1) is 13.0. The minimum atomic E-state index is -3.61. The molecule has 2 aromatic carbocycles. The van der Waals surface area contributed by atoms with E-state index in [9.17, 15) is 13.2 Å². The minimum absolute atomic E-state index is 0.0370. The monoisotopic (exact) mass is 403 g/mol. The van der Waals surface area contributed by atoms with Crippen molar-refractivity contribution in [1.82, 2.24) is 10.0 Å². The van der Waals surface area contributed by atoms with E-state index in [1.165, 1.54) is 0 Å². The number of benzene rings is 2. The van der Waals surface area contributed by atoms with Crippen LogP contribution in [0.1, 0.15) is 36.7 Å². The number of anilines is 1. The van der Waals surface area contributed by atoms with Crippen LogP contribution in [-0.2, 0) is 15.4 Å². The Balaban J connectivity index is 1.87. The molecule has 0 atom stereocenters. The Hall–Kier alpha value is -2.38. The van der Waals surface area contributed by atoms with Gasteiger partial charge in [0.15, 0.2) is 0 Å². The third-order valence-electron chi connectivity index (χ3n) is 4.38. The fourth-order valence-electron chi connectivity index (χ4n) is 2.59. The molecule has 0 spiro atoms. The van der Waals surface area contributed by atoms with Crippen LogP contribution in [0.3, 0.4) is 0 Å². The number of sulfonamides is 1. The maximum absolute atomic E-state index is 12.4. The van der Waals surface area contributed by atoms with Gasteiger partial charge in [-0.05, 0) is 47.4 Å². The average Bonchev–Trinajstić information content (AvgIpc) is 2.64. The molecule has 0 heterocycles. The highest BCUT2D eigenvalue weighted by Gasteiger charge is 2.17. The summed E-state index contributed by atoms with van der Waals surface area (Å²) in [5.41, 5.74) is 2.57. The van der Waals surface area contributed by atoms with E-state index in [-0.39, 0.29) is 29.3 Å². The summed E-state index contributed by atoms with van der Waals surface area (Å²) in [6.07, 6.45) is 0. The van der Waals surface area contributed by atoms with E-state index in [1.807, 2.05) is 43.3 Å². The lowest BCUT2D eigenvalue weighted by Crippen LogP contribution is -2.34. The number of rotatable bonds is 7. The van der Waals surface area contributed by atoms with Gasteiger partial charge in [0.25, 0.3) is 5.91 Å². The molecule has 2 aromatic rings. The van der Waals surface area contributed by atoms with E-state index >= 15 is 0 Å². The second kappa shape index (κ2) is 8.75. The minimum Gasteiger partial charge on any atom is -0.378 e. The van der Waals surface area contributed by atoms with Crippen molar-refractivity contribution in [2.24, 2.45) is 0 Å². The largest absolute Gasteiger partial charge is 0.378 e. The molecule has 0 radical (unpaired) electrons. The van der Waals surface area contributed by atoms with Gasteiger partial charge in [0.2, 0.25) is 10.0 Å². The molecule has 0 aliphatic rings. The zero-order chi connectivity index (χ0) is 20.9. The maximum Gasteiger partial charge on any atom is 0.251 e. The first-order valence-electron chi connectivity index (χ1n) is 9.16. The zero-order valence-electron chi connectivity index (χ0n) is 17.1. The van der Waals surface area contributed by atoms with Crippen molar-refractivity contribution in [3.63, 3.8) is 0 Å². The summed E-state index contributed by atoms with van der Waals surface area (Å²) in [4.78, 5) is 14.3. The molecule has 6 nitrogen and oxygen atoms in total. The molecule has 0 saturated carbocycles. The Morgan fingerprint density at radius 1 is 0.929 bits per heavy atom. The summed E-state index contributed by atoms with van der Waals surface area (Å²) >= 11 is 0. The van der Waals surface area contributed by atoms with Crippen molar-refractivity contribution >= 4 is 21.6 Å². The summed E-state index contributed by atoms with van der Waals surface area (Å²) in [6, 6.07) is 14.1. The van der Waals surface area contributed by atoms with Crippen LogP contribution in [0.5, 0.6) is 0 Å². The van der Waals surface area contributed by atoms with Gasteiger partial charge in [-0.25, -0.2) is 13.1 Å². The molecule has 0 aliphatic heterocycles. The Morgan fingerprint density at radius 2 is 1.50 bits per heavy atom. The molecule has 2 N–H and O–H groups in total. The van der Waals surface area contributed by atoms with Gasteiger partial charge in [0.1, 0.15) is 0 Å². The molecule has 2 rings (SSSR count). The van der Waals surface area contributed by atoms with Crippen LogP contribution >= 0.6 is 0 Å². The highest BCUT2D eigenvalue weighted by molar-refractivity contribution is 7.89. The number of carbonyl (C=O) groups excluding carboxylic acids is 1. The first-order valence-corrected chi connectivity index (χ1v) is 10.6. The lowest BCUT2D eigenvalue weighted by Gasteiger charge is -2.19. The van der Waals surface area contributed by atoms with Gasteiger partial charge in [-0.2, -0.15) is 0 Å². The third kappa shape index (κ3) is 5.81. The van der Waals surface area contributed by atoms with Gasteiger partial charge >= 0.3 is 0 Å². The molecule has 1 amide bonds. The van der Waals surface area contributed by atoms with E-state index in [0.29, 0.717) is 5.56 Å². The van der Waals surface area contributed by atoms with Gasteiger partial charge in [-0.3, -0.25) is 4.79 Å². The predicted molar refractivity (Wildman–Crippen MR) is 113 cm³/mol. The fraction of sp³-hybridized carbons (Fsp3) is 0.381. The van der Waals surface area contributed by atoms with Gasteiger partial charge < -0.3 is 10.2 Å². The molecule has 0 bridgehead atoms. The van der Waals surface area contributed by atoms with Crippen molar-refractivity contribution in [2.45, 2.75) is 31.1 Å². The molecular formula is C21H29N3O3S. The number of nitrogens with one attached hydrogen (secondary N) is 2.